The van der Waals surface area contributed by atoms with Gasteiger partial charge in [0.25, 0.3) is 0 Å². The molecule has 0 saturated heterocycles. The fraction of sp³-hybridized carbons (Fsp3) is 0.867. The Labute approximate surface area is 108 Å². The van der Waals surface area contributed by atoms with Gasteiger partial charge in [0.05, 0.1) is 5.60 Å². The average molecular weight is 240 g/mol. The molecular formula is C15H30NO. The van der Waals surface area contributed by atoms with Crippen molar-refractivity contribution in [1.82, 2.24) is 5.32 Å². The minimum absolute atomic E-state index is 0.0135. The second kappa shape index (κ2) is 9.67. The largest absolute Gasteiger partial charge is 0.379 e. The van der Waals surface area contributed by atoms with E-state index in [1.54, 1.807) is 7.11 Å². The van der Waals surface area contributed by atoms with Crippen LogP contribution in [0.5, 0.6) is 0 Å². The fourth-order valence-corrected chi connectivity index (χ4v) is 1.57. The Bertz CT molecular complexity index is 209. The molecule has 0 aromatic carbocycles. The molecule has 2 heteroatoms. The highest BCUT2D eigenvalue weighted by Gasteiger charge is 2.14. The number of ether oxygens (including phenoxy) is 1. The molecule has 0 aromatic heterocycles. The summed E-state index contributed by atoms with van der Waals surface area (Å²) in [6.45, 7) is 10.7. The molecule has 0 unspecified atom stereocenters. The predicted molar refractivity (Wildman–Crippen MR) is 75.1 cm³/mol. The van der Waals surface area contributed by atoms with Crippen LogP contribution in [0.4, 0.5) is 0 Å². The molecule has 0 saturated carbocycles. The van der Waals surface area contributed by atoms with Gasteiger partial charge in [-0.3, -0.25) is 0 Å². The highest BCUT2D eigenvalue weighted by atomic mass is 16.5. The van der Waals surface area contributed by atoms with Crippen LogP contribution in [0.25, 0.3) is 0 Å². The Morgan fingerprint density at radius 2 is 2.00 bits per heavy atom. The summed E-state index contributed by atoms with van der Waals surface area (Å²) in [4.78, 5) is 0. The van der Waals surface area contributed by atoms with Gasteiger partial charge < -0.3 is 10.1 Å². The topological polar surface area (TPSA) is 21.3 Å². The number of unbranched alkanes of at least 4 members (excludes halogenated alkanes) is 1. The Balaban J connectivity index is 3.57. The summed E-state index contributed by atoms with van der Waals surface area (Å²) in [5, 5.41) is 3.38. The molecule has 0 aromatic rings. The molecule has 17 heavy (non-hydrogen) atoms. The van der Waals surface area contributed by atoms with Crippen molar-refractivity contribution in [3.05, 3.63) is 11.6 Å². The summed E-state index contributed by atoms with van der Waals surface area (Å²) in [6, 6.07) is 0. The van der Waals surface area contributed by atoms with Crippen LogP contribution in [0.15, 0.2) is 5.57 Å². The van der Waals surface area contributed by atoms with Crippen LogP contribution in [0.1, 0.15) is 59.8 Å². The van der Waals surface area contributed by atoms with Crippen molar-refractivity contribution in [2.45, 2.75) is 65.4 Å². The Morgan fingerprint density at radius 1 is 1.29 bits per heavy atom. The van der Waals surface area contributed by atoms with Gasteiger partial charge in [-0.25, -0.2) is 0 Å². The van der Waals surface area contributed by atoms with Gasteiger partial charge in [-0.05, 0) is 59.1 Å². The first-order valence-electron chi connectivity index (χ1n) is 6.84. The molecule has 0 rings (SSSR count). The minimum Gasteiger partial charge on any atom is -0.379 e. The summed E-state index contributed by atoms with van der Waals surface area (Å²) < 4.78 is 5.40. The molecule has 0 fully saturated rings. The van der Waals surface area contributed by atoms with E-state index in [-0.39, 0.29) is 5.60 Å². The van der Waals surface area contributed by atoms with Gasteiger partial charge >= 0.3 is 0 Å². The van der Waals surface area contributed by atoms with Gasteiger partial charge in [0.1, 0.15) is 0 Å². The van der Waals surface area contributed by atoms with Gasteiger partial charge in [0.15, 0.2) is 0 Å². The van der Waals surface area contributed by atoms with E-state index in [0.717, 1.165) is 25.9 Å². The Kier molecular flexibility index (Phi) is 9.47. The lowest BCUT2D eigenvalue weighted by Gasteiger charge is -2.22. The summed E-state index contributed by atoms with van der Waals surface area (Å²) in [5.74, 6) is 0. The monoisotopic (exact) mass is 240 g/mol. The smallest absolute Gasteiger partial charge is 0.0622 e. The van der Waals surface area contributed by atoms with Crippen LogP contribution in [0.3, 0.4) is 0 Å². The highest BCUT2D eigenvalue weighted by Crippen LogP contribution is 2.18. The second-order valence-corrected chi connectivity index (χ2v) is 5.30. The number of nitrogens with one attached hydrogen (secondary N) is 1. The van der Waals surface area contributed by atoms with E-state index in [4.69, 9.17) is 4.74 Å². The van der Waals surface area contributed by atoms with E-state index in [9.17, 15) is 0 Å². The van der Waals surface area contributed by atoms with Gasteiger partial charge in [0.2, 0.25) is 0 Å². The van der Waals surface area contributed by atoms with Crippen molar-refractivity contribution in [2.75, 3.05) is 20.2 Å². The molecule has 2 nitrogen and oxygen atoms in total. The summed E-state index contributed by atoms with van der Waals surface area (Å²) in [7, 11) is 1.78. The maximum absolute atomic E-state index is 5.40. The standard InChI is InChI=1S/C15H30NO/c1-6-7-12-16-13-10-14(2)9-8-11-15(3,4)17-5/h16H,6-9,11-13H2,1-5H3. The molecule has 0 aliphatic rings. The number of hydrogen-bond donors (Lipinski definition) is 1. The predicted octanol–water partition coefficient (Wildman–Crippen LogP) is 3.72. The first-order chi connectivity index (χ1) is 8.02. The maximum Gasteiger partial charge on any atom is 0.0622 e. The van der Waals surface area contributed by atoms with Crippen molar-refractivity contribution in [3.63, 3.8) is 0 Å². The minimum atomic E-state index is 0.0135. The van der Waals surface area contributed by atoms with E-state index < -0.39 is 0 Å². The van der Waals surface area contributed by atoms with Crippen LogP contribution in [-0.2, 0) is 4.74 Å². The van der Waals surface area contributed by atoms with Crippen molar-refractivity contribution in [2.24, 2.45) is 0 Å². The maximum atomic E-state index is 5.40. The molecular weight excluding hydrogens is 210 g/mol. The Morgan fingerprint density at radius 3 is 2.59 bits per heavy atom. The van der Waals surface area contributed by atoms with Gasteiger partial charge in [-0.2, -0.15) is 0 Å². The first-order valence-corrected chi connectivity index (χ1v) is 6.84. The van der Waals surface area contributed by atoms with Crippen molar-refractivity contribution in [3.8, 4) is 0 Å². The molecule has 0 amide bonds. The quantitative estimate of drug-likeness (QED) is 0.588. The Hall–Kier alpha value is -0.340. The molecule has 0 aliphatic heterocycles. The molecule has 1 N–H and O–H groups in total. The van der Waals surface area contributed by atoms with E-state index in [2.05, 4.69) is 39.1 Å². The van der Waals surface area contributed by atoms with E-state index in [1.807, 2.05) is 0 Å². The zero-order chi connectivity index (χ0) is 13.1. The van der Waals surface area contributed by atoms with Gasteiger partial charge in [-0.15, -0.1) is 0 Å². The van der Waals surface area contributed by atoms with Crippen LogP contribution in [0.2, 0.25) is 0 Å². The number of allylic oxidation sites excluding steroid dienone is 1. The number of rotatable bonds is 10. The summed E-state index contributed by atoms with van der Waals surface area (Å²) in [6.07, 6.45) is 9.32. The molecule has 0 bridgehead atoms. The zero-order valence-corrected chi connectivity index (χ0v) is 12.4. The number of methoxy groups -OCH3 is 1. The molecule has 0 spiro atoms. The molecule has 0 atom stereocenters. The van der Waals surface area contributed by atoms with Crippen molar-refractivity contribution < 1.29 is 4.74 Å². The molecule has 1 radical (unpaired) electrons. The summed E-state index contributed by atoms with van der Waals surface area (Å²) in [5.41, 5.74) is 1.38. The van der Waals surface area contributed by atoms with Crippen molar-refractivity contribution >= 4 is 0 Å². The third-order valence-electron chi connectivity index (χ3n) is 3.11. The SMILES string of the molecule is CCCCNC/[C]=C(\C)CCCC(C)(C)OC. The van der Waals surface area contributed by atoms with Crippen LogP contribution >= 0.6 is 0 Å². The third-order valence-corrected chi connectivity index (χ3v) is 3.11. The normalized spacial score (nSPS) is 13.1. The molecule has 0 heterocycles. The first kappa shape index (κ1) is 16.7. The third kappa shape index (κ3) is 10.5. The van der Waals surface area contributed by atoms with E-state index in [1.165, 1.54) is 24.8 Å². The second-order valence-electron chi connectivity index (χ2n) is 5.30. The lowest BCUT2D eigenvalue weighted by molar-refractivity contribution is 0.0140. The molecule has 101 valence electrons. The molecule has 0 aliphatic carbocycles. The average Bonchev–Trinajstić information content (AvgIpc) is 2.28. The lowest BCUT2D eigenvalue weighted by atomic mass is 9.99. The number of hydrogen-bond acceptors (Lipinski definition) is 2. The van der Waals surface area contributed by atoms with Gasteiger partial charge in [-0.1, -0.05) is 18.9 Å². The van der Waals surface area contributed by atoms with Gasteiger partial charge in [0, 0.05) is 13.7 Å². The summed E-state index contributed by atoms with van der Waals surface area (Å²) >= 11 is 0. The van der Waals surface area contributed by atoms with E-state index >= 15 is 0 Å². The van der Waals surface area contributed by atoms with E-state index in [0.29, 0.717) is 0 Å². The highest BCUT2D eigenvalue weighted by molar-refractivity contribution is 4.93. The van der Waals surface area contributed by atoms with Crippen LogP contribution < -0.4 is 5.32 Å². The fourth-order valence-electron chi connectivity index (χ4n) is 1.57. The van der Waals surface area contributed by atoms with Crippen molar-refractivity contribution in [1.29, 1.82) is 0 Å². The van der Waals surface area contributed by atoms with Crippen LogP contribution in [0, 0.1) is 6.08 Å². The van der Waals surface area contributed by atoms with Crippen LogP contribution in [-0.4, -0.2) is 25.8 Å². The zero-order valence-electron chi connectivity index (χ0n) is 12.4. The lowest BCUT2D eigenvalue weighted by Crippen LogP contribution is -2.21.